The summed E-state index contributed by atoms with van der Waals surface area (Å²) in [6.07, 6.45) is 0. The second-order valence-corrected chi connectivity index (χ2v) is 18.3. The fraction of sp³-hybridized carbons (Fsp3) is 0.0426. The number of rotatable bonds is 5. The number of benzene rings is 7. The predicted molar refractivity (Wildman–Crippen MR) is 216 cm³/mol. The van der Waals surface area contributed by atoms with Crippen LogP contribution in [-0.4, -0.2) is 23.0 Å². The first-order valence-electron chi connectivity index (χ1n) is 17.7. The molecule has 3 heterocycles. The van der Waals surface area contributed by atoms with Crippen LogP contribution in [0.2, 0.25) is 13.1 Å². The highest BCUT2D eigenvalue weighted by Gasteiger charge is 2.40. The number of hydrogen-bond acceptors (Lipinski definition) is 4. The van der Waals surface area contributed by atoms with Crippen LogP contribution in [0, 0.1) is 0 Å². The number of furan rings is 1. The summed E-state index contributed by atoms with van der Waals surface area (Å²) in [6.45, 7) is 4.90. The second-order valence-electron chi connectivity index (χ2n) is 14.0. The smallest absolute Gasteiger partial charge is 0.167 e. The van der Waals surface area contributed by atoms with Crippen molar-refractivity contribution in [1.82, 2.24) is 15.0 Å². The Balaban J connectivity index is 1.30. The van der Waals surface area contributed by atoms with Crippen LogP contribution in [0.25, 0.3) is 89.5 Å². The molecule has 0 saturated carbocycles. The van der Waals surface area contributed by atoms with Gasteiger partial charge in [0.15, 0.2) is 17.5 Å². The lowest BCUT2D eigenvalue weighted by atomic mass is 9.95. The van der Waals surface area contributed by atoms with Crippen molar-refractivity contribution in [3.05, 3.63) is 164 Å². The summed E-state index contributed by atoms with van der Waals surface area (Å²) in [6, 6.07) is 57.5. The van der Waals surface area contributed by atoms with Gasteiger partial charge in [-0.3, -0.25) is 0 Å². The SMILES string of the molecule is C[Si]1(C)c2ccccc2-c2cc(-c3ccccc3)cc(-c3nc(-c4ccccc4)nc(-c4cc(-c5ccccc5)cc5c4oc4ccccc45)n3)c21. The Morgan fingerprint density at radius 3 is 1.63 bits per heavy atom. The van der Waals surface area contributed by atoms with Crippen LogP contribution in [0.4, 0.5) is 0 Å². The molecule has 7 aromatic carbocycles. The van der Waals surface area contributed by atoms with Gasteiger partial charge in [-0.1, -0.05) is 147 Å². The van der Waals surface area contributed by atoms with Crippen molar-refractivity contribution in [3.63, 3.8) is 0 Å². The van der Waals surface area contributed by atoms with Crippen LogP contribution in [0.3, 0.4) is 0 Å². The van der Waals surface area contributed by atoms with E-state index in [4.69, 9.17) is 19.4 Å². The fourth-order valence-electron chi connectivity index (χ4n) is 8.02. The van der Waals surface area contributed by atoms with Gasteiger partial charge in [0.25, 0.3) is 0 Å². The Morgan fingerprint density at radius 2 is 0.923 bits per heavy atom. The molecule has 0 N–H and O–H groups in total. The minimum absolute atomic E-state index is 0.583. The van der Waals surface area contributed by atoms with E-state index in [1.165, 1.54) is 21.5 Å². The van der Waals surface area contributed by atoms with Crippen LogP contribution >= 0.6 is 0 Å². The first-order chi connectivity index (χ1) is 25.5. The molecule has 0 aliphatic carbocycles. The highest BCUT2D eigenvalue weighted by atomic mass is 28.3. The molecule has 0 atom stereocenters. The average molecular weight is 684 g/mol. The maximum absolute atomic E-state index is 6.65. The molecule has 52 heavy (non-hydrogen) atoms. The van der Waals surface area contributed by atoms with Crippen molar-refractivity contribution >= 4 is 40.4 Å². The first kappa shape index (κ1) is 30.4. The predicted octanol–water partition coefficient (Wildman–Crippen LogP) is 10.9. The van der Waals surface area contributed by atoms with Gasteiger partial charge in [0.05, 0.1) is 5.56 Å². The van der Waals surface area contributed by atoms with Crippen molar-refractivity contribution in [2.75, 3.05) is 0 Å². The lowest BCUT2D eigenvalue weighted by molar-refractivity contribution is 0.669. The maximum atomic E-state index is 6.65. The summed E-state index contributed by atoms with van der Waals surface area (Å²) >= 11 is 0. The quantitative estimate of drug-likeness (QED) is 0.169. The zero-order valence-electron chi connectivity index (χ0n) is 28.8. The van der Waals surface area contributed by atoms with E-state index in [1.807, 2.05) is 36.4 Å². The van der Waals surface area contributed by atoms with E-state index in [1.54, 1.807) is 0 Å². The topological polar surface area (TPSA) is 51.8 Å². The van der Waals surface area contributed by atoms with Crippen molar-refractivity contribution in [2.45, 2.75) is 13.1 Å². The van der Waals surface area contributed by atoms with E-state index in [9.17, 15) is 0 Å². The molecular formula is C47H33N3OSi. The lowest BCUT2D eigenvalue weighted by Crippen LogP contribution is -2.50. The van der Waals surface area contributed by atoms with Gasteiger partial charge in [-0.25, -0.2) is 15.0 Å². The van der Waals surface area contributed by atoms with E-state index in [0.717, 1.165) is 60.9 Å². The van der Waals surface area contributed by atoms with Crippen LogP contribution in [0.1, 0.15) is 0 Å². The van der Waals surface area contributed by atoms with Gasteiger partial charge in [0, 0.05) is 21.9 Å². The van der Waals surface area contributed by atoms with Gasteiger partial charge >= 0.3 is 0 Å². The number of hydrogen-bond donors (Lipinski definition) is 0. The molecule has 0 radical (unpaired) electrons. The standard InChI is InChI=1S/C47H33N3OSi/c1-52(2)42-25-15-13-23-36(42)38-27-34(31-18-8-4-9-19-31)29-40(44(38)52)47-49-45(32-20-10-5-11-21-32)48-46(50-47)39-28-33(30-16-6-3-7-17-30)26-37-35-22-12-14-24-41(35)51-43(37)39/h3-29H,1-2H3. The fourth-order valence-corrected chi connectivity index (χ4v) is 11.4. The molecule has 10 rings (SSSR count). The molecule has 5 heteroatoms. The minimum atomic E-state index is -2.16. The van der Waals surface area contributed by atoms with Gasteiger partial charge < -0.3 is 4.42 Å². The molecule has 0 saturated heterocycles. The molecule has 2 aromatic heterocycles. The third kappa shape index (κ3) is 4.85. The maximum Gasteiger partial charge on any atom is 0.167 e. The largest absolute Gasteiger partial charge is 0.455 e. The van der Waals surface area contributed by atoms with E-state index < -0.39 is 8.07 Å². The van der Waals surface area contributed by atoms with E-state index in [-0.39, 0.29) is 0 Å². The van der Waals surface area contributed by atoms with Gasteiger partial charge in [-0.05, 0) is 74.1 Å². The zero-order chi connectivity index (χ0) is 34.8. The Hall–Kier alpha value is -6.43. The summed E-state index contributed by atoms with van der Waals surface area (Å²) in [5.74, 6) is 1.88. The van der Waals surface area contributed by atoms with Gasteiger partial charge in [0.1, 0.15) is 19.2 Å². The van der Waals surface area contributed by atoms with Crippen LogP contribution in [0.5, 0.6) is 0 Å². The molecule has 1 aliphatic rings. The third-order valence-corrected chi connectivity index (χ3v) is 14.1. The highest BCUT2D eigenvalue weighted by molar-refractivity contribution is 7.04. The monoisotopic (exact) mass is 683 g/mol. The van der Waals surface area contributed by atoms with Gasteiger partial charge in [0.2, 0.25) is 0 Å². The van der Waals surface area contributed by atoms with Crippen LogP contribution in [-0.2, 0) is 0 Å². The summed E-state index contributed by atoms with van der Waals surface area (Å²) in [4.78, 5) is 16.0. The average Bonchev–Trinajstić information content (AvgIpc) is 3.70. The Kier molecular flexibility index (Phi) is 6.91. The summed E-state index contributed by atoms with van der Waals surface area (Å²) in [5.41, 5.74) is 11.5. The molecule has 0 fully saturated rings. The number of nitrogens with zero attached hydrogens (tertiary/aromatic N) is 3. The van der Waals surface area contributed by atoms with E-state index in [2.05, 4.69) is 140 Å². The number of para-hydroxylation sites is 1. The normalized spacial score (nSPS) is 13.0. The van der Waals surface area contributed by atoms with Crippen molar-refractivity contribution in [3.8, 4) is 67.5 Å². The van der Waals surface area contributed by atoms with Crippen molar-refractivity contribution in [1.29, 1.82) is 0 Å². The zero-order valence-corrected chi connectivity index (χ0v) is 29.8. The molecule has 0 spiro atoms. The van der Waals surface area contributed by atoms with Gasteiger partial charge in [-0.15, -0.1) is 0 Å². The van der Waals surface area contributed by atoms with Crippen molar-refractivity contribution in [2.24, 2.45) is 0 Å². The van der Waals surface area contributed by atoms with Crippen LogP contribution < -0.4 is 10.4 Å². The molecule has 4 nitrogen and oxygen atoms in total. The molecule has 9 aromatic rings. The highest BCUT2D eigenvalue weighted by Crippen LogP contribution is 2.41. The lowest BCUT2D eigenvalue weighted by Gasteiger charge is -2.23. The summed E-state index contributed by atoms with van der Waals surface area (Å²) in [5, 5.41) is 4.89. The number of aromatic nitrogens is 3. The van der Waals surface area contributed by atoms with E-state index >= 15 is 0 Å². The molecule has 1 aliphatic heterocycles. The Morgan fingerprint density at radius 1 is 0.404 bits per heavy atom. The van der Waals surface area contributed by atoms with Gasteiger partial charge in [-0.2, -0.15) is 0 Å². The Labute approximate surface area is 303 Å². The van der Waals surface area contributed by atoms with Crippen LogP contribution in [0.15, 0.2) is 168 Å². The first-order valence-corrected chi connectivity index (χ1v) is 20.7. The molecule has 0 unspecified atom stereocenters. The molecule has 0 amide bonds. The third-order valence-electron chi connectivity index (χ3n) is 10.5. The van der Waals surface area contributed by atoms with E-state index in [0.29, 0.717) is 17.5 Å². The molecule has 246 valence electrons. The minimum Gasteiger partial charge on any atom is -0.455 e. The molecule has 0 bridgehead atoms. The summed E-state index contributed by atoms with van der Waals surface area (Å²) < 4.78 is 6.65. The number of fused-ring (bicyclic) bond motifs is 6. The molecular weight excluding hydrogens is 651 g/mol. The second kappa shape index (κ2) is 11.8. The van der Waals surface area contributed by atoms with Crippen molar-refractivity contribution < 1.29 is 4.42 Å². The summed E-state index contributed by atoms with van der Waals surface area (Å²) in [7, 11) is -2.16. The Bertz CT molecular complexity index is 2810.